The molecule has 0 heterocycles. The molecule has 0 saturated carbocycles. The fourth-order valence-electron chi connectivity index (χ4n) is 3.91. The van der Waals surface area contributed by atoms with Crippen LogP contribution in [0.5, 0.6) is 0 Å². The van der Waals surface area contributed by atoms with Crippen molar-refractivity contribution in [2.75, 3.05) is 12.3 Å². The van der Waals surface area contributed by atoms with E-state index in [1.807, 2.05) is 0 Å². The molecule has 7 heteroatoms. The molecule has 2 N–H and O–H groups in total. The second-order valence-electron chi connectivity index (χ2n) is 8.31. The molecule has 38 heavy (non-hydrogen) atoms. The quantitative estimate of drug-likeness (QED) is 0.203. The molecule has 0 unspecified atom stereocenters. The van der Waals surface area contributed by atoms with Crippen LogP contribution in [0.15, 0.2) is 121 Å². The first kappa shape index (κ1) is 33.4. The van der Waals surface area contributed by atoms with Gasteiger partial charge in [0.2, 0.25) is 0 Å². The Kier molecular flexibility index (Phi) is 17.1. The van der Waals surface area contributed by atoms with Crippen LogP contribution in [0.25, 0.3) is 0 Å². The van der Waals surface area contributed by atoms with Gasteiger partial charge in [-0.05, 0) is 48.5 Å². The fourth-order valence-corrected chi connectivity index (χ4v) is 9.52. The van der Waals surface area contributed by atoms with Crippen LogP contribution < -0.4 is 21.2 Å². The number of hydrogen-bond acceptors (Lipinski definition) is 2. The smallest absolute Gasteiger partial charge is 0.300 e. The summed E-state index contributed by atoms with van der Waals surface area (Å²) in [6, 6.07) is 44.6. The standard InChI is InChI=1S/C27H26P2.2C2H4O2.Pd/c1-5-14-24(15-6-1)28(25-16-7-2-8-17-25)22-13-23-29(26-18-9-3-10-19-26)27-20-11-4-12-21-27;2*1-2(3)4;/h1-12,14-21H,13,22-23H2;2*1H3,(H,3,4);/p+2. The van der Waals surface area contributed by atoms with Crippen molar-refractivity contribution in [1.82, 2.24) is 0 Å². The SMILES string of the molecule is CC(=O)O.CC(=O)O.[Pd].c1ccc([PH+](CCC[PH+](c2ccccc2)c2ccccc2)c2ccccc2)cc1. The summed E-state index contributed by atoms with van der Waals surface area (Å²) >= 11 is 0. The average Bonchev–Trinajstić information content (AvgIpc) is 2.90. The van der Waals surface area contributed by atoms with Crippen molar-refractivity contribution in [3.05, 3.63) is 121 Å². The van der Waals surface area contributed by atoms with E-state index in [0.29, 0.717) is 0 Å². The Balaban J connectivity index is 0.000000709. The molecule has 0 aliphatic rings. The van der Waals surface area contributed by atoms with Crippen molar-refractivity contribution in [2.24, 2.45) is 0 Å². The molecule has 0 fully saturated rings. The van der Waals surface area contributed by atoms with E-state index in [9.17, 15) is 0 Å². The van der Waals surface area contributed by atoms with Gasteiger partial charge in [0.05, 0.1) is 49.4 Å². The largest absolute Gasteiger partial charge is 0.481 e. The van der Waals surface area contributed by atoms with Crippen LogP contribution in [0.4, 0.5) is 0 Å². The van der Waals surface area contributed by atoms with Crippen molar-refractivity contribution in [1.29, 1.82) is 0 Å². The number of rotatable bonds is 8. The van der Waals surface area contributed by atoms with E-state index in [1.165, 1.54) is 40.0 Å². The third-order valence-electron chi connectivity index (χ3n) is 5.34. The summed E-state index contributed by atoms with van der Waals surface area (Å²) in [6.45, 7) is 2.17. The Morgan fingerprint density at radius 2 is 0.684 bits per heavy atom. The predicted octanol–water partition coefficient (Wildman–Crippen LogP) is 5.29. The van der Waals surface area contributed by atoms with E-state index < -0.39 is 27.8 Å². The molecule has 0 bridgehead atoms. The van der Waals surface area contributed by atoms with E-state index >= 15 is 0 Å². The minimum Gasteiger partial charge on any atom is -0.481 e. The third kappa shape index (κ3) is 13.2. The average molecular weight is 641 g/mol. The van der Waals surface area contributed by atoms with Crippen molar-refractivity contribution in [3.8, 4) is 0 Å². The van der Waals surface area contributed by atoms with Crippen LogP contribution >= 0.6 is 15.8 Å². The summed E-state index contributed by atoms with van der Waals surface area (Å²) in [4.78, 5) is 18.0. The Bertz CT molecular complexity index is 996. The molecular weight excluding hydrogens is 605 g/mol. The number of aliphatic carboxylic acids is 2. The van der Waals surface area contributed by atoms with Gasteiger partial charge in [-0.1, -0.05) is 72.8 Å². The molecule has 0 atom stereocenters. The van der Waals surface area contributed by atoms with Gasteiger partial charge in [0.1, 0.15) is 0 Å². The van der Waals surface area contributed by atoms with Crippen LogP contribution in [0.2, 0.25) is 0 Å². The van der Waals surface area contributed by atoms with Gasteiger partial charge in [-0.15, -0.1) is 0 Å². The second-order valence-corrected chi connectivity index (χ2v) is 13.5. The van der Waals surface area contributed by atoms with Crippen molar-refractivity contribution in [3.63, 3.8) is 0 Å². The number of benzene rings is 4. The molecule has 0 amide bonds. The first-order chi connectivity index (χ1) is 17.9. The summed E-state index contributed by atoms with van der Waals surface area (Å²) in [5.41, 5.74) is 0. The monoisotopic (exact) mass is 640 g/mol. The molecule has 4 nitrogen and oxygen atoms in total. The zero-order valence-corrected chi connectivity index (χ0v) is 25.3. The fraction of sp³-hybridized carbons (Fsp3) is 0.161. The molecule has 4 aromatic carbocycles. The zero-order valence-electron chi connectivity index (χ0n) is 21.7. The first-order valence-electron chi connectivity index (χ1n) is 12.2. The zero-order chi connectivity index (χ0) is 26.9. The normalized spacial score (nSPS) is 9.79. The van der Waals surface area contributed by atoms with Gasteiger partial charge in [-0.3, -0.25) is 9.59 Å². The Morgan fingerprint density at radius 1 is 0.500 bits per heavy atom. The minimum absolute atomic E-state index is 0. The molecule has 4 rings (SSSR count). The molecule has 4 aromatic rings. The van der Waals surface area contributed by atoms with E-state index in [1.54, 1.807) is 0 Å². The summed E-state index contributed by atoms with van der Waals surface area (Å²) in [5, 5.41) is 20.9. The third-order valence-corrected chi connectivity index (χ3v) is 11.2. The number of carboxylic acids is 2. The van der Waals surface area contributed by atoms with Crippen molar-refractivity contribution in [2.45, 2.75) is 20.3 Å². The maximum absolute atomic E-state index is 9.00. The van der Waals surface area contributed by atoms with Gasteiger partial charge in [0, 0.05) is 40.7 Å². The van der Waals surface area contributed by atoms with Crippen molar-refractivity contribution >= 4 is 49.0 Å². The summed E-state index contributed by atoms with van der Waals surface area (Å²) < 4.78 is 0. The van der Waals surface area contributed by atoms with E-state index in [-0.39, 0.29) is 20.4 Å². The summed E-state index contributed by atoms with van der Waals surface area (Å²) in [6.07, 6.45) is 3.84. The van der Waals surface area contributed by atoms with Crippen LogP contribution in [-0.4, -0.2) is 34.5 Å². The topological polar surface area (TPSA) is 74.6 Å². The predicted molar refractivity (Wildman–Crippen MR) is 162 cm³/mol. The molecule has 0 aliphatic heterocycles. The Labute approximate surface area is 242 Å². The van der Waals surface area contributed by atoms with Gasteiger partial charge in [-0.2, -0.15) is 0 Å². The van der Waals surface area contributed by atoms with E-state index in [2.05, 4.69) is 121 Å². The number of carbonyl (C=O) groups is 2. The molecule has 0 radical (unpaired) electrons. The van der Waals surface area contributed by atoms with Crippen LogP contribution in [-0.2, 0) is 30.0 Å². The van der Waals surface area contributed by atoms with Crippen LogP contribution in [0, 0.1) is 0 Å². The van der Waals surface area contributed by atoms with E-state index in [0.717, 1.165) is 13.8 Å². The Hall–Kier alpha value is -2.66. The van der Waals surface area contributed by atoms with Gasteiger partial charge in [-0.25, -0.2) is 0 Å². The molecule has 202 valence electrons. The molecule has 0 spiro atoms. The second kappa shape index (κ2) is 19.4. The van der Waals surface area contributed by atoms with Gasteiger partial charge >= 0.3 is 0 Å². The van der Waals surface area contributed by atoms with E-state index in [4.69, 9.17) is 19.8 Å². The minimum atomic E-state index is -0.833. The maximum Gasteiger partial charge on any atom is 0.300 e. The molecular formula is C31H36O4P2Pd+2. The first-order valence-corrected chi connectivity index (χ1v) is 15.6. The van der Waals surface area contributed by atoms with Gasteiger partial charge < -0.3 is 10.2 Å². The summed E-state index contributed by atoms with van der Waals surface area (Å²) in [7, 11) is -1.48. The number of carboxylic acid groups (broad SMARTS) is 2. The Morgan fingerprint density at radius 3 is 0.868 bits per heavy atom. The van der Waals surface area contributed by atoms with Gasteiger partial charge in [0.25, 0.3) is 11.9 Å². The van der Waals surface area contributed by atoms with Crippen LogP contribution in [0.1, 0.15) is 20.3 Å². The number of hydrogen-bond donors (Lipinski definition) is 2. The van der Waals surface area contributed by atoms with Crippen molar-refractivity contribution < 1.29 is 40.2 Å². The van der Waals surface area contributed by atoms with Crippen LogP contribution in [0.3, 0.4) is 0 Å². The molecule has 0 saturated heterocycles. The molecule has 0 aromatic heterocycles. The summed E-state index contributed by atoms with van der Waals surface area (Å²) in [5.74, 6) is -1.67. The van der Waals surface area contributed by atoms with Gasteiger partial charge in [0.15, 0.2) is 0 Å². The molecule has 0 aliphatic carbocycles. The maximum atomic E-state index is 9.00.